The third-order valence-electron chi connectivity index (χ3n) is 15.4. The van der Waals surface area contributed by atoms with Gasteiger partial charge in [-0.15, -0.1) is 0 Å². The average Bonchev–Trinajstić information content (AvgIpc) is 4.11. The van der Waals surface area contributed by atoms with Crippen LogP contribution in [0.2, 0.25) is 0 Å². The van der Waals surface area contributed by atoms with Crippen molar-refractivity contribution in [3.8, 4) is 0 Å². The van der Waals surface area contributed by atoms with Crippen LogP contribution >= 0.6 is 0 Å². The Hall–Kier alpha value is -4.24. The van der Waals surface area contributed by atoms with Crippen molar-refractivity contribution in [2.24, 2.45) is 20.3 Å². The van der Waals surface area contributed by atoms with Gasteiger partial charge in [0, 0.05) is 38.3 Å². The monoisotopic (exact) mass is 947 g/mol. The summed E-state index contributed by atoms with van der Waals surface area (Å²) in [5.74, 6) is 0. The molecule has 0 radical (unpaired) electrons. The highest BCUT2D eigenvalue weighted by atomic mass is 16.7. The number of nitrogens with zero attached hydrogens (tertiary/aromatic N) is 8. The summed E-state index contributed by atoms with van der Waals surface area (Å²) in [6.07, 6.45) is 36.5. The smallest absolute Gasteiger partial charge is 0.336 e. The normalized spacial score (nSPS) is 21.8. The van der Waals surface area contributed by atoms with E-state index in [2.05, 4.69) is 20.9 Å². The third kappa shape index (κ3) is 15.9. The lowest BCUT2D eigenvalue weighted by atomic mass is 9.94. The molecule has 0 unspecified atom stereocenters. The van der Waals surface area contributed by atoms with Crippen LogP contribution in [0.3, 0.4) is 0 Å². The van der Waals surface area contributed by atoms with Crippen LogP contribution < -0.4 is 10.6 Å². The van der Waals surface area contributed by atoms with E-state index in [1.165, 1.54) is 35.5 Å². The lowest BCUT2D eigenvalue weighted by Crippen LogP contribution is -2.64. The highest BCUT2D eigenvalue weighted by Crippen LogP contribution is 2.29. The number of nitrogens with one attached hydrogen (secondary N) is 2. The standard InChI is InChI=1S/C52H86N10O6/c63-47(61(45-33-13-7-14-34-45)49(55-41-25-9-5-10-26-41)67-57-43-29-17-18-30-43)53-37-21-1-3-23-39-59-51(65)60(52(59)66)40-24-4-2-22-38-54-48(64)62(46-35-15-8-16-36-46)50(56-42-27-11-6-12-28-42)68-58-44-31-19-20-32-44/h41-42,45-46H,1-40H2,(H,53,63)(H,54,64)/b55-49-,56-50-. The van der Waals surface area contributed by atoms with Crippen LogP contribution in [0.4, 0.5) is 19.2 Å². The molecule has 2 N–H and O–H groups in total. The fourth-order valence-electron chi connectivity index (χ4n) is 11.3. The molecule has 7 aliphatic rings. The van der Waals surface area contributed by atoms with E-state index in [-0.39, 0.29) is 48.3 Å². The molecule has 1 saturated heterocycles. The number of aliphatic imine (C=N–C) groups is 2. The summed E-state index contributed by atoms with van der Waals surface area (Å²) in [5.41, 5.74) is 2.12. The van der Waals surface area contributed by atoms with Gasteiger partial charge in [0.15, 0.2) is 0 Å². The fourth-order valence-corrected chi connectivity index (χ4v) is 11.3. The largest absolute Gasteiger partial charge is 0.338 e. The second kappa shape index (κ2) is 28.4. The van der Waals surface area contributed by atoms with Crippen molar-refractivity contribution >= 4 is 47.6 Å². The lowest BCUT2D eigenvalue weighted by Gasteiger charge is -2.39. The highest BCUT2D eigenvalue weighted by Gasteiger charge is 2.42. The first-order valence-electron chi connectivity index (χ1n) is 27.8. The molecule has 1 heterocycles. The summed E-state index contributed by atoms with van der Waals surface area (Å²) in [7, 11) is 0. The van der Waals surface area contributed by atoms with E-state index >= 15 is 0 Å². The number of hydrogen-bond acceptors (Lipinski definition) is 10. The summed E-state index contributed by atoms with van der Waals surface area (Å²) in [6.45, 7) is 1.91. The van der Waals surface area contributed by atoms with Crippen LogP contribution in [0.1, 0.15) is 231 Å². The number of carbonyl (C=O) groups excluding carboxylic acids is 4. The molecule has 0 spiro atoms. The van der Waals surface area contributed by atoms with Crippen molar-refractivity contribution in [2.75, 3.05) is 26.2 Å². The maximum atomic E-state index is 13.9. The number of amides is 8. The topological polar surface area (TPSA) is 173 Å². The first-order valence-corrected chi connectivity index (χ1v) is 27.8. The van der Waals surface area contributed by atoms with Crippen molar-refractivity contribution in [1.29, 1.82) is 0 Å². The Morgan fingerprint density at radius 3 is 1.16 bits per heavy atom. The van der Waals surface area contributed by atoms with E-state index in [0.29, 0.717) is 38.2 Å². The molecule has 0 aromatic rings. The zero-order valence-corrected chi connectivity index (χ0v) is 41.6. The van der Waals surface area contributed by atoms with Crippen molar-refractivity contribution in [3.05, 3.63) is 0 Å². The van der Waals surface area contributed by atoms with Gasteiger partial charge in [0.2, 0.25) is 0 Å². The SMILES string of the molecule is O=C1N(CCCCCCNC(=O)N(/C(=N/C2CCCCC2)ON=C2CCCC2)C2CCCCC2)C(=O)N1CCCCCCNC(=O)N(/C(=N/C1CCCCC1)ON=C1CCCC1)C1CCCCC1. The molecule has 68 heavy (non-hydrogen) atoms. The van der Waals surface area contributed by atoms with Crippen LogP contribution in [0, 0.1) is 0 Å². The molecule has 6 aliphatic carbocycles. The average molecular weight is 947 g/mol. The highest BCUT2D eigenvalue weighted by molar-refractivity contribution is 6.11. The van der Waals surface area contributed by atoms with Gasteiger partial charge in [-0.25, -0.2) is 48.8 Å². The number of hydrogen-bond donors (Lipinski definition) is 2. The maximum Gasteiger partial charge on any atom is 0.336 e. The summed E-state index contributed by atoms with van der Waals surface area (Å²) in [4.78, 5) is 82.3. The summed E-state index contributed by atoms with van der Waals surface area (Å²) in [6, 6.07) is 0.439. The zero-order valence-electron chi connectivity index (χ0n) is 41.6. The fraction of sp³-hybridized carbons (Fsp3) is 0.846. The minimum absolute atomic E-state index is 0.0520. The molecule has 7 fully saturated rings. The molecule has 16 heteroatoms. The number of urea groups is 4. The van der Waals surface area contributed by atoms with Crippen molar-refractivity contribution < 1.29 is 28.9 Å². The zero-order chi connectivity index (χ0) is 47.2. The molecule has 1 aliphatic heterocycles. The Kier molecular flexibility index (Phi) is 21.6. The Bertz CT molecular complexity index is 1580. The van der Waals surface area contributed by atoms with E-state index < -0.39 is 0 Å². The molecule has 0 aromatic carbocycles. The van der Waals surface area contributed by atoms with Crippen LogP contribution in [-0.4, -0.2) is 118 Å². The molecule has 7 rings (SSSR count). The van der Waals surface area contributed by atoms with Crippen molar-refractivity contribution in [1.82, 2.24) is 30.2 Å². The number of oxime groups is 2. The summed E-state index contributed by atoms with van der Waals surface area (Å²) < 4.78 is 0. The lowest BCUT2D eigenvalue weighted by molar-refractivity contribution is 0.103. The van der Waals surface area contributed by atoms with E-state index in [4.69, 9.17) is 19.7 Å². The summed E-state index contributed by atoms with van der Waals surface area (Å²) in [5, 5.41) is 15.4. The van der Waals surface area contributed by atoms with Gasteiger partial charge in [-0.1, -0.05) is 113 Å². The van der Waals surface area contributed by atoms with E-state index in [1.54, 1.807) is 9.80 Å². The van der Waals surface area contributed by atoms with Gasteiger partial charge >= 0.3 is 36.2 Å². The second-order valence-corrected chi connectivity index (χ2v) is 20.8. The molecule has 0 bridgehead atoms. The van der Waals surface area contributed by atoms with Gasteiger partial charge in [-0.05, 0) is 128 Å². The van der Waals surface area contributed by atoms with Crippen LogP contribution in [0.5, 0.6) is 0 Å². The van der Waals surface area contributed by atoms with Gasteiger partial charge in [0.1, 0.15) is 0 Å². The Labute approximate surface area is 407 Å². The van der Waals surface area contributed by atoms with Gasteiger partial charge in [0.25, 0.3) is 0 Å². The predicted molar refractivity (Wildman–Crippen MR) is 268 cm³/mol. The van der Waals surface area contributed by atoms with Crippen molar-refractivity contribution in [2.45, 2.75) is 255 Å². The molecule has 380 valence electrons. The molecule has 0 aromatic heterocycles. The van der Waals surface area contributed by atoms with Crippen LogP contribution in [0.25, 0.3) is 0 Å². The Morgan fingerprint density at radius 1 is 0.456 bits per heavy atom. The molecule has 16 nitrogen and oxygen atoms in total. The number of imide groups is 2. The molecule has 0 atom stereocenters. The van der Waals surface area contributed by atoms with Gasteiger partial charge in [-0.2, -0.15) is 0 Å². The third-order valence-corrected chi connectivity index (χ3v) is 15.4. The quantitative estimate of drug-likeness (QED) is 0.0532. The van der Waals surface area contributed by atoms with E-state index in [1.807, 2.05) is 0 Å². The molecular formula is C52H86N10O6. The van der Waals surface area contributed by atoms with Gasteiger partial charge < -0.3 is 20.3 Å². The molecule has 6 saturated carbocycles. The number of carbonyl (C=O) groups is 4. The van der Waals surface area contributed by atoms with E-state index in [9.17, 15) is 19.2 Å². The van der Waals surface area contributed by atoms with Gasteiger partial charge in [0.05, 0.1) is 23.5 Å². The second-order valence-electron chi connectivity index (χ2n) is 20.8. The number of unbranched alkanes of at least 4 members (excludes halogenated alkanes) is 6. The first-order chi connectivity index (χ1) is 33.4. The minimum Gasteiger partial charge on any atom is -0.338 e. The molecule has 8 amide bonds. The number of amidine groups is 2. The van der Waals surface area contributed by atoms with E-state index in [0.717, 1.165) is 217 Å². The first kappa shape index (κ1) is 51.6. The number of rotatable bonds is 20. The Balaban J connectivity index is 0.779. The minimum atomic E-state index is -0.211. The van der Waals surface area contributed by atoms with Gasteiger partial charge in [-0.3, -0.25) is 0 Å². The van der Waals surface area contributed by atoms with Crippen LogP contribution in [-0.2, 0) is 9.68 Å². The maximum absolute atomic E-state index is 13.9. The molecular weight excluding hydrogens is 861 g/mol. The van der Waals surface area contributed by atoms with Crippen molar-refractivity contribution in [3.63, 3.8) is 0 Å². The van der Waals surface area contributed by atoms with Crippen LogP contribution in [0.15, 0.2) is 20.3 Å². The predicted octanol–water partition coefficient (Wildman–Crippen LogP) is 11.9. The summed E-state index contributed by atoms with van der Waals surface area (Å²) >= 11 is 0. The Morgan fingerprint density at radius 2 is 0.794 bits per heavy atom.